The maximum absolute atomic E-state index is 13.5. The van der Waals surface area contributed by atoms with E-state index >= 15 is 0 Å². The van der Waals surface area contributed by atoms with Gasteiger partial charge in [-0.05, 0) is 18.9 Å². The average molecular weight is 188 g/mol. The van der Waals surface area contributed by atoms with Crippen molar-refractivity contribution in [2.75, 3.05) is 0 Å². The Morgan fingerprint density at radius 2 is 1.86 bits per heavy atom. The zero-order chi connectivity index (χ0) is 9.97. The van der Waals surface area contributed by atoms with Crippen LogP contribution in [0.2, 0.25) is 0 Å². The number of halogens is 1. The van der Waals surface area contributed by atoms with E-state index in [1.54, 1.807) is 0 Å². The van der Waals surface area contributed by atoms with E-state index in [1.807, 2.05) is 43.3 Å². The first-order chi connectivity index (χ1) is 6.77. The van der Waals surface area contributed by atoms with Gasteiger partial charge in [-0.15, -0.1) is 0 Å². The molecule has 0 nitrogen and oxygen atoms in total. The van der Waals surface area contributed by atoms with Gasteiger partial charge < -0.3 is 0 Å². The van der Waals surface area contributed by atoms with Crippen molar-refractivity contribution in [2.24, 2.45) is 0 Å². The summed E-state index contributed by atoms with van der Waals surface area (Å²) in [5, 5.41) is 0. The Morgan fingerprint density at radius 1 is 1.14 bits per heavy atom. The maximum atomic E-state index is 13.5. The molecule has 0 saturated heterocycles. The van der Waals surface area contributed by atoms with Crippen LogP contribution in [0, 0.1) is 6.92 Å². The third-order valence-electron chi connectivity index (χ3n) is 2.47. The molecule has 0 bridgehead atoms. The van der Waals surface area contributed by atoms with E-state index in [0.29, 0.717) is 6.42 Å². The average Bonchev–Trinajstić information content (AvgIpc) is 2.20. The van der Waals surface area contributed by atoms with Crippen molar-refractivity contribution in [1.29, 1.82) is 0 Å². The van der Waals surface area contributed by atoms with Crippen molar-refractivity contribution < 1.29 is 4.39 Å². The molecule has 72 valence electrons. The van der Waals surface area contributed by atoms with Crippen LogP contribution < -0.4 is 0 Å². The summed E-state index contributed by atoms with van der Waals surface area (Å²) in [6.45, 7) is 2.03. The summed E-state index contributed by atoms with van der Waals surface area (Å²) in [4.78, 5) is 0. The van der Waals surface area contributed by atoms with Gasteiger partial charge in [0.1, 0.15) is 5.83 Å². The van der Waals surface area contributed by atoms with Crippen molar-refractivity contribution in [3.63, 3.8) is 0 Å². The van der Waals surface area contributed by atoms with Gasteiger partial charge in [0.2, 0.25) is 0 Å². The van der Waals surface area contributed by atoms with Crippen molar-refractivity contribution in [2.45, 2.75) is 19.8 Å². The topological polar surface area (TPSA) is 0 Å². The number of benzene rings is 1. The first kappa shape index (κ1) is 9.20. The SMILES string of the molecule is Cc1ccc(C2=C(F)CCC=C2)cc1. The molecule has 0 saturated carbocycles. The second kappa shape index (κ2) is 3.79. The first-order valence-corrected chi connectivity index (χ1v) is 4.89. The molecule has 1 aromatic carbocycles. The second-order valence-electron chi connectivity index (χ2n) is 3.63. The highest BCUT2D eigenvalue weighted by Gasteiger charge is 2.09. The molecule has 1 aliphatic rings. The van der Waals surface area contributed by atoms with Crippen molar-refractivity contribution in [1.82, 2.24) is 0 Å². The van der Waals surface area contributed by atoms with Crippen molar-refractivity contribution in [3.8, 4) is 0 Å². The number of hydrogen-bond donors (Lipinski definition) is 0. The van der Waals surface area contributed by atoms with E-state index in [0.717, 1.165) is 17.6 Å². The van der Waals surface area contributed by atoms with Crippen LogP contribution in [0.25, 0.3) is 5.57 Å². The zero-order valence-corrected chi connectivity index (χ0v) is 8.26. The smallest absolute Gasteiger partial charge is 0.108 e. The second-order valence-corrected chi connectivity index (χ2v) is 3.63. The van der Waals surface area contributed by atoms with E-state index in [9.17, 15) is 4.39 Å². The van der Waals surface area contributed by atoms with E-state index in [2.05, 4.69) is 0 Å². The summed E-state index contributed by atoms with van der Waals surface area (Å²) in [6.07, 6.45) is 5.27. The fraction of sp³-hybridized carbons (Fsp3) is 0.231. The quantitative estimate of drug-likeness (QED) is 0.624. The maximum Gasteiger partial charge on any atom is 0.108 e. The number of aryl methyl sites for hydroxylation is 1. The van der Waals surface area contributed by atoms with Crippen LogP contribution in [0.3, 0.4) is 0 Å². The summed E-state index contributed by atoms with van der Waals surface area (Å²) >= 11 is 0. The number of hydrogen-bond acceptors (Lipinski definition) is 0. The molecule has 2 rings (SSSR count). The van der Waals surface area contributed by atoms with Gasteiger partial charge in [0.05, 0.1) is 0 Å². The van der Waals surface area contributed by atoms with Crippen LogP contribution in [0.15, 0.2) is 42.2 Å². The Labute approximate surface area is 83.8 Å². The molecule has 0 atom stereocenters. The van der Waals surface area contributed by atoms with Gasteiger partial charge in [0.15, 0.2) is 0 Å². The van der Waals surface area contributed by atoms with Crippen LogP contribution in [-0.4, -0.2) is 0 Å². The molecule has 14 heavy (non-hydrogen) atoms. The molecule has 1 aliphatic carbocycles. The predicted molar refractivity (Wildman–Crippen MR) is 57.6 cm³/mol. The third kappa shape index (κ3) is 1.77. The van der Waals surface area contributed by atoms with Gasteiger partial charge in [-0.3, -0.25) is 0 Å². The molecule has 0 aliphatic heterocycles. The molecule has 1 aromatic rings. The highest BCUT2D eigenvalue weighted by Crippen LogP contribution is 2.28. The molecule has 0 amide bonds. The monoisotopic (exact) mass is 188 g/mol. The number of allylic oxidation sites excluding steroid dienone is 4. The Hall–Kier alpha value is -1.37. The molecular formula is C13H13F. The highest BCUT2D eigenvalue weighted by molar-refractivity contribution is 5.76. The lowest BCUT2D eigenvalue weighted by atomic mass is 9.98. The summed E-state index contributed by atoms with van der Waals surface area (Å²) in [7, 11) is 0. The van der Waals surface area contributed by atoms with Crippen molar-refractivity contribution in [3.05, 3.63) is 53.4 Å². The molecule has 0 aromatic heterocycles. The van der Waals surface area contributed by atoms with E-state index < -0.39 is 0 Å². The normalized spacial score (nSPS) is 16.1. The van der Waals surface area contributed by atoms with Crippen LogP contribution in [0.5, 0.6) is 0 Å². The molecule has 0 unspecified atom stereocenters. The lowest BCUT2D eigenvalue weighted by molar-refractivity contribution is 0.592. The summed E-state index contributed by atoms with van der Waals surface area (Å²) in [6, 6.07) is 7.97. The summed E-state index contributed by atoms with van der Waals surface area (Å²) in [5.74, 6) is 0.0105. The van der Waals surface area contributed by atoms with Crippen LogP contribution >= 0.6 is 0 Å². The van der Waals surface area contributed by atoms with Gasteiger partial charge in [-0.25, -0.2) is 4.39 Å². The van der Waals surface area contributed by atoms with Gasteiger partial charge in [-0.2, -0.15) is 0 Å². The molecular weight excluding hydrogens is 175 g/mol. The Balaban J connectivity index is 2.39. The minimum Gasteiger partial charge on any atom is -0.211 e. The highest BCUT2D eigenvalue weighted by atomic mass is 19.1. The molecule has 1 heteroatoms. The molecule has 0 radical (unpaired) electrons. The fourth-order valence-corrected chi connectivity index (χ4v) is 1.62. The number of rotatable bonds is 1. The Bertz CT molecular complexity index is 382. The first-order valence-electron chi connectivity index (χ1n) is 4.89. The van der Waals surface area contributed by atoms with Crippen LogP contribution in [0.1, 0.15) is 24.0 Å². The summed E-state index contributed by atoms with van der Waals surface area (Å²) < 4.78 is 13.5. The van der Waals surface area contributed by atoms with E-state index in [1.165, 1.54) is 5.56 Å². The predicted octanol–water partition coefficient (Wildman–Crippen LogP) is 4.03. The summed E-state index contributed by atoms with van der Waals surface area (Å²) in [5.41, 5.74) is 2.93. The minimum absolute atomic E-state index is 0.0105. The standard InChI is InChI=1S/C13H13F/c1-10-6-8-11(9-7-10)12-4-2-3-5-13(12)14/h2,4,6-9H,3,5H2,1H3. The van der Waals surface area contributed by atoms with Gasteiger partial charge >= 0.3 is 0 Å². The van der Waals surface area contributed by atoms with Crippen molar-refractivity contribution >= 4 is 5.57 Å². The fourth-order valence-electron chi connectivity index (χ4n) is 1.62. The zero-order valence-electron chi connectivity index (χ0n) is 8.26. The largest absolute Gasteiger partial charge is 0.211 e. The minimum atomic E-state index is 0.0105. The van der Waals surface area contributed by atoms with Gasteiger partial charge in [-0.1, -0.05) is 42.0 Å². The molecule has 0 heterocycles. The van der Waals surface area contributed by atoms with Gasteiger partial charge in [0, 0.05) is 12.0 Å². The molecule has 0 N–H and O–H groups in total. The van der Waals surface area contributed by atoms with Gasteiger partial charge in [0.25, 0.3) is 0 Å². The molecule has 0 spiro atoms. The lowest BCUT2D eigenvalue weighted by Gasteiger charge is -2.09. The Morgan fingerprint density at radius 3 is 2.50 bits per heavy atom. The third-order valence-corrected chi connectivity index (χ3v) is 2.47. The lowest BCUT2D eigenvalue weighted by Crippen LogP contribution is -1.90. The van der Waals surface area contributed by atoms with E-state index in [4.69, 9.17) is 0 Å². The molecule has 0 fully saturated rings. The Kier molecular flexibility index (Phi) is 2.49. The van der Waals surface area contributed by atoms with E-state index in [-0.39, 0.29) is 5.83 Å². The van der Waals surface area contributed by atoms with Crippen LogP contribution in [-0.2, 0) is 0 Å². The van der Waals surface area contributed by atoms with Crippen LogP contribution in [0.4, 0.5) is 4.39 Å².